The van der Waals surface area contributed by atoms with Crippen LogP contribution in [0.2, 0.25) is 0 Å². The number of hydrogen-bond acceptors (Lipinski definition) is 2. The van der Waals surface area contributed by atoms with Crippen molar-refractivity contribution in [3.63, 3.8) is 0 Å². The first-order valence-electron chi connectivity index (χ1n) is 11.6. The van der Waals surface area contributed by atoms with Gasteiger partial charge >= 0.3 is 0 Å². The van der Waals surface area contributed by atoms with Crippen molar-refractivity contribution in [2.24, 2.45) is 0 Å². The maximum absolute atomic E-state index is 13.4. The third-order valence-electron chi connectivity index (χ3n) is 5.90. The molecule has 0 radical (unpaired) electrons. The first kappa shape index (κ1) is 23.5. The number of aryl methyl sites for hydroxylation is 2. The zero-order valence-corrected chi connectivity index (χ0v) is 19.4. The van der Waals surface area contributed by atoms with E-state index in [0.29, 0.717) is 32.4 Å². The molecule has 0 spiro atoms. The third-order valence-corrected chi connectivity index (χ3v) is 5.90. The Morgan fingerprint density at radius 2 is 1.66 bits per heavy atom. The van der Waals surface area contributed by atoms with Crippen LogP contribution in [0.3, 0.4) is 0 Å². The van der Waals surface area contributed by atoms with E-state index in [1.54, 1.807) is 4.90 Å². The highest BCUT2D eigenvalue weighted by molar-refractivity contribution is 5.89. The number of amides is 2. The van der Waals surface area contributed by atoms with Gasteiger partial charge in [-0.15, -0.1) is 0 Å². The van der Waals surface area contributed by atoms with E-state index in [-0.39, 0.29) is 11.8 Å². The molecule has 0 bridgehead atoms. The topological polar surface area (TPSA) is 49.4 Å². The predicted octanol–water partition coefficient (Wildman–Crippen LogP) is 5.41. The molecular formula is C28H34N2O2. The Balaban J connectivity index is 1.81. The van der Waals surface area contributed by atoms with E-state index in [1.165, 1.54) is 16.3 Å². The Morgan fingerprint density at radius 1 is 0.938 bits per heavy atom. The van der Waals surface area contributed by atoms with Gasteiger partial charge in [0.05, 0.1) is 0 Å². The number of carbonyl (C=O) groups excluding carboxylic acids is 2. The van der Waals surface area contributed by atoms with Gasteiger partial charge in [0, 0.05) is 19.5 Å². The maximum Gasteiger partial charge on any atom is 0.242 e. The van der Waals surface area contributed by atoms with Crippen LogP contribution in [-0.4, -0.2) is 29.3 Å². The molecule has 0 unspecified atom stereocenters. The molecule has 1 N–H and O–H groups in total. The highest BCUT2D eigenvalue weighted by atomic mass is 16.2. The van der Waals surface area contributed by atoms with Crippen LogP contribution in [0.25, 0.3) is 10.8 Å². The molecule has 4 nitrogen and oxygen atoms in total. The summed E-state index contributed by atoms with van der Waals surface area (Å²) < 4.78 is 0. The van der Waals surface area contributed by atoms with Gasteiger partial charge in [-0.2, -0.15) is 0 Å². The van der Waals surface area contributed by atoms with Gasteiger partial charge in [-0.25, -0.2) is 0 Å². The molecule has 4 heteroatoms. The van der Waals surface area contributed by atoms with E-state index < -0.39 is 6.04 Å². The Hall–Kier alpha value is -3.14. The summed E-state index contributed by atoms with van der Waals surface area (Å²) in [7, 11) is 0. The molecule has 0 fully saturated rings. The molecule has 0 aliphatic carbocycles. The second-order valence-electron chi connectivity index (χ2n) is 8.36. The minimum absolute atomic E-state index is 0.0111. The Bertz CT molecular complexity index is 1040. The quantitative estimate of drug-likeness (QED) is 0.467. The molecule has 2 amide bonds. The lowest BCUT2D eigenvalue weighted by molar-refractivity contribution is -0.141. The average Bonchev–Trinajstić information content (AvgIpc) is 2.82. The van der Waals surface area contributed by atoms with Crippen molar-refractivity contribution in [3.05, 3.63) is 83.4 Å². The van der Waals surface area contributed by atoms with E-state index in [4.69, 9.17) is 0 Å². The molecule has 3 rings (SSSR count). The fourth-order valence-electron chi connectivity index (χ4n) is 4.07. The summed E-state index contributed by atoms with van der Waals surface area (Å²) in [6.07, 6.45) is 2.48. The number of carbonyl (C=O) groups is 2. The molecular weight excluding hydrogens is 396 g/mol. The van der Waals surface area contributed by atoms with Crippen molar-refractivity contribution in [2.75, 3.05) is 6.54 Å². The van der Waals surface area contributed by atoms with Crippen molar-refractivity contribution in [1.82, 2.24) is 10.2 Å². The maximum atomic E-state index is 13.4. The molecule has 1 atom stereocenters. The van der Waals surface area contributed by atoms with Crippen molar-refractivity contribution in [3.8, 4) is 0 Å². The van der Waals surface area contributed by atoms with Crippen LogP contribution in [0.1, 0.15) is 49.8 Å². The van der Waals surface area contributed by atoms with E-state index in [9.17, 15) is 9.59 Å². The molecule has 0 aliphatic rings. The van der Waals surface area contributed by atoms with E-state index in [2.05, 4.69) is 29.6 Å². The van der Waals surface area contributed by atoms with Crippen molar-refractivity contribution in [2.45, 2.75) is 59.0 Å². The fourth-order valence-corrected chi connectivity index (χ4v) is 4.07. The number of nitrogens with zero attached hydrogens (tertiary/aromatic N) is 1. The Kier molecular flexibility index (Phi) is 8.43. The van der Waals surface area contributed by atoms with Gasteiger partial charge in [0.25, 0.3) is 0 Å². The SMILES string of the molecule is CCCNC(=O)[C@@H](CC)N(Cc1ccc(C)cc1)C(=O)CCc1cccc2ccccc12. The lowest BCUT2D eigenvalue weighted by Gasteiger charge is -2.31. The number of benzene rings is 3. The zero-order chi connectivity index (χ0) is 22.9. The smallest absolute Gasteiger partial charge is 0.242 e. The zero-order valence-electron chi connectivity index (χ0n) is 19.4. The fraction of sp³-hybridized carbons (Fsp3) is 0.357. The molecule has 32 heavy (non-hydrogen) atoms. The van der Waals surface area contributed by atoms with Gasteiger partial charge in [0.2, 0.25) is 11.8 Å². The van der Waals surface area contributed by atoms with Gasteiger partial charge in [-0.3, -0.25) is 9.59 Å². The van der Waals surface area contributed by atoms with Crippen LogP contribution in [0.15, 0.2) is 66.7 Å². The second kappa shape index (κ2) is 11.5. The molecule has 3 aromatic rings. The summed E-state index contributed by atoms with van der Waals surface area (Å²) in [5.74, 6) is -0.0584. The monoisotopic (exact) mass is 430 g/mol. The molecule has 3 aromatic carbocycles. The van der Waals surface area contributed by atoms with Crippen LogP contribution in [-0.2, 0) is 22.6 Å². The van der Waals surface area contributed by atoms with Gasteiger partial charge < -0.3 is 10.2 Å². The summed E-state index contributed by atoms with van der Waals surface area (Å²) in [6.45, 7) is 7.10. The minimum Gasteiger partial charge on any atom is -0.354 e. The highest BCUT2D eigenvalue weighted by Crippen LogP contribution is 2.21. The average molecular weight is 431 g/mol. The van der Waals surface area contributed by atoms with E-state index in [0.717, 1.165) is 17.5 Å². The molecule has 0 heterocycles. The molecule has 0 aromatic heterocycles. The van der Waals surface area contributed by atoms with Crippen molar-refractivity contribution < 1.29 is 9.59 Å². The largest absolute Gasteiger partial charge is 0.354 e. The summed E-state index contributed by atoms with van der Waals surface area (Å²) in [6, 6.07) is 22.2. The first-order chi connectivity index (χ1) is 15.5. The first-order valence-corrected chi connectivity index (χ1v) is 11.6. The van der Waals surface area contributed by atoms with Crippen LogP contribution in [0, 0.1) is 6.92 Å². The third kappa shape index (κ3) is 5.97. The number of nitrogens with one attached hydrogen (secondary N) is 1. The normalized spacial score (nSPS) is 11.8. The minimum atomic E-state index is -0.470. The van der Waals surface area contributed by atoms with Crippen LogP contribution in [0.5, 0.6) is 0 Å². The Morgan fingerprint density at radius 3 is 2.38 bits per heavy atom. The summed E-state index contributed by atoms with van der Waals surface area (Å²) in [5, 5.41) is 5.34. The second-order valence-corrected chi connectivity index (χ2v) is 8.36. The van der Waals surface area contributed by atoms with E-state index in [1.807, 2.05) is 63.2 Å². The standard InChI is InChI=1S/C28H34N2O2/c1-4-19-29-28(32)26(5-2)30(20-22-15-13-21(3)14-16-22)27(31)18-17-24-11-8-10-23-9-6-7-12-25(23)24/h6-16,26H,4-5,17-20H2,1-3H3,(H,29,32)/t26-/m1/s1. The van der Waals surface area contributed by atoms with E-state index >= 15 is 0 Å². The van der Waals surface area contributed by atoms with Gasteiger partial charge in [0.1, 0.15) is 6.04 Å². The van der Waals surface area contributed by atoms with Crippen LogP contribution < -0.4 is 5.32 Å². The summed E-state index contributed by atoms with van der Waals surface area (Å²) in [5.41, 5.74) is 3.38. The summed E-state index contributed by atoms with van der Waals surface area (Å²) >= 11 is 0. The lowest BCUT2D eigenvalue weighted by Crippen LogP contribution is -2.49. The Labute approximate surface area is 191 Å². The van der Waals surface area contributed by atoms with Gasteiger partial charge in [0.15, 0.2) is 0 Å². The van der Waals surface area contributed by atoms with Crippen LogP contribution >= 0.6 is 0 Å². The van der Waals surface area contributed by atoms with Gasteiger partial charge in [-0.05, 0) is 48.1 Å². The van der Waals surface area contributed by atoms with Crippen molar-refractivity contribution >= 4 is 22.6 Å². The highest BCUT2D eigenvalue weighted by Gasteiger charge is 2.28. The van der Waals surface area contributed by atoms with Crippen molar-refractivity contribution in [1.29, 1.82) is 0 Å². The number of fused-ring (bicyclic) bond motifs is 1. The lowest BCUT2D eigenvalue weighted by atomic mass is 10.00. The van der Waals surface area contributed by atoms with Crippen LogP contribution in [0.4, 0.5) is 0 Å². The molecule has 0 aliphatic heterocycles. The molecule has 168 valence electrons. The number of rotatable bonds is 10. The predicted molar refractivity (Wildman–Crippen MR) is 131 cm³/mol. The number of hydrogen-bond donors (Lipinski definition) is 1. The summed E-state index contributed by atoms with van der Waals surface area (Å²) in [4.78, 5) is 28.1. The molecule has 0 saturated heterocycles. The molecule has 0 saturated carbocycles. The van der Waals surface area contributed by atoms with Gasteiger partial charge in [-0.1, -0.05) is 86.1 Å².